The first-order chi connectivity index (χ1) is 15.8. The molecule has 1 atom stereocenters. The number of hydrogen-bond acceptors (Lipinski definition) is 5. The third kappa shape index (κ3) is 3.67. The Balaban J connectivity index is 1.34. The van der Waals surface area contributed by atoms with E-state index in [-0.39, 0.29) is 6.10 Å². The quantitative estimate of drug-likeness (QED) is 0.387. The topological polar surface area (TPSA) is 66.0 Å². The summed E-state index contributed by atoms with van der Waals surface area (Å²) in [6.45, 7) is 1.33. The van der Waals surface area contributed by atoms with E-state index in [2.05, 4.69) is 69.3 Å². The second-order valence-corrected chi connectivity index (χ2v) is 8.36. The molecule has 6 nitrogen and oxygen atoms in total. The highest BCUT2D eigenvalue weighted by molar-refractivity contribution is 5.86. The van der Waals surface area contributed by atoms with Crippen LogP contribution < -0.4 is 0 Å². The van der Waals surface area contributed by atoms with Gasteiger partial charge >= 0.3 is 0 Å². The van der Waals surface area contributed by atoms with Crippen molar-refractivity contribution in [2.45, 2.75) is 38.3 Å². The van der Waals surface area contributed by atoms with Crippen LogP contribution in [0, 0.1) is 0 Å². The summed E-state index contributed by atoms with van der Waals surface area (Å²) in [7, 11) is 0. The first kappa shape index (κ1) is 19.2. The van der Waals surface area contributed by atoms with Gasteiger partial charge in [-0.1, -0.05) is 59.8 Å². The minimum Gasteiger partial charge on any atom is -0.378 e. The van der Waals surface area contributed by atoms with Crippen LogP contribution in [0.5, 0.6) is 0 Å². The Hall–Kier alpha value is -3.51. The molecule has 2 aromatic heterocycles. The van der Waals surface area contributed by atoms with E-state index in [0.29, 0.717) is 24.7 Å². The number of aromatic nitrogens is 4. The number of fused-ring (bicyclic) bond motifs is 2. The summed E-state index contributed by atoms with van der Waals surface area (Å²) in [6, 6.07) is 23.1. The molecule has 0 saturated carbocycles. The van der Waals surface area contributed by atoms with E-state index in [9.17, 15) is 0 Å². The molecule has 0 bridgehead atoms. The van der Waals surface area contributed by atoms with Gasteiger partial charge in [-0.3, -0.25) is 0 Å². The van der Waals surface area contributed by atoms with E-state index < -0.39 is 0 Å². The van der Waals surface area contributed by atoms with E-state index in [1.807, 2.05) is 12.1 Å². The average Bonchev–Trinajstić information content (AvgIpc) is 3.57. The summed E-state index contributed by atoms with van der Waals surface area (Å²) in [6.07, 6.45) is 3.81. The van der Waals surface area contributed by atoms with Gasteiger partial charge in [0.15, 0.2) is 5.82 Å². The molecule has 0 radical (unpaired) electrons. The van der Waals surface area contributed by atoms with Crippen LogP contribution in [0.4, 0.5) is 0 Å². The molecular weight excluding hydrogens is 400 g/mol. The van der Waals surface area contributed by atoms with Gasteiger partial charge in [0.2, 0.25) is 5.89 Å². The number of hydrogen-bond donors (Lipinski definition) is 0. The first-order valence-electron chi connectivity index (χ1n) is 11.2. The third-order valence-corrected chi connectivity index (χ3v) is 6.20. The fourth-order valence-corrected chi connectivity index (χ4v) is 4.64. The lowest BCUT2D eigenvalue weighted by atomic mass is 10.0. The van der Waals surface area contributed by atoms with E-state index in [4.69, 9.17) is 14.2 Å². The van der Waals surface area contributed by atoms with Crippen LogP contribution in [0.25, 0.3) is 21.8 Å². The van der Waals surface area contributed by atoms with Crippen molar-refractivity contribution in [2.75, 3.05) is 6.61 Å². The summed E-state index contributed by atoms with van der Waals surface area (Å²) in [5.74, 6) is 2.30. The molecule has 1 aliphatic heterocycles. The molecule has 1 fully saturated rings. The molecule has 1 unspecified atom stereocenters. The maximum Gasteiger partial charge on any atom is 0.246 e. The van der Waals surface area contributed by atoms with Crippen molar-refractivity contribution in [3.63, 3.8) is 0 Å². The molecule has 160 valence electrons. The Morgan fingerprint density at radius 3 is 2.75 bits per heavy atom. The first-order valence-corrected chi connectivity index (χ1v) is 11.2. The summed E-state index contributed by atoms with van der Waals surface area (Å²) >= 11 is 0. The Morgan fingerprint density at radius 1 is 0.938 bits per heavy atom. The summed E-state index contributed by atoms with van der Waals surface area (Å²) in [5, 5.41) is 6.69. The van der Waals surface area contributed by atoms with E-state index in [1.54, 1.807) is 0 Å². The highest BCUT2D eigenvalue weighted by Crippen LogP contribution is 2.24. The number of rotatable bonds is 6. The Bertz CT molecular complexity index is 1380. The monoisotopic (exact) mass is 424 g/mol. The van der Waals surface area contributed by atoms with E-state index in [1.165, 1.54) is 16.3 Å². The van der Waals surface area contributed by atoms with Crippen LogP contribution in [0.15, 0.2) is 71.3 Å². The molecule has 6 rings (SSSR count). The molecule has 6 heteroatoms. The number of nitrogens with zero attached hydrogens (tertiary/aromatic N) is 4. The van der Waals surface area contributed by atoms with Crippen molar-refractivity contribution in [2.24, 2.45) is 0 Å². The second kappa shape index (κ2) is 8.20. The molecule has 0 amide bonds. The van der Waals surface area contributed by atoms with Gasteiger partial charge in [-0.25, -0.2) is 4.98 Å². The van der Waals surface area contributed by atoms with E-state index >= 15 is 0 Å². The van der Waals surface area contributed by atoms with Crippen molar-refractivity contribution in [1.82, 2.24) is 19.7 Å². The van der Waals surface area contributed by atoms with Gasteiger partial charge in [-0.05, 0) is 41.3 Å². The van der Waals surface area contributed by atoms with Gasteiger partial charge in [-0.2, -0.15) is 4.98 Å². The van der Waals surface area contributed by atoms with Gasteiger partial charge in [-0.15, -0.1) is 0 Å². The molecule has 32 heavy (non-hydrogen) atoms. The van der Waals surface area contributed by atoms with Gasteiger partial charge < -0.3 is 13.8 Å². The Labute approximate surface area is 185 Å². The highest BCUT2D eigenvalue weighted by Gasteiger charge is 2.20. The standard InChI is InChI=1S/C26H24N4O2/c1-2-11-21-18(7-1)8-5-9-19(21)15-25-27-22-12-3-4-13-23(22)30(25)17-26-28-24(29-32-26)16-20-10-6-14-31-20/h1-5,7-9,11-13,20H,6,10,14-17H2. The SMILES string of the molecule is c1ccc2c(Cc3nc4ccccc4n3Cc3nc(CC4CCCO4)no3)cccc2c1. The molecular formula is C26H24N4O2. The van der Waals surface area contributed by atoms with Gasteiger partial charge in [0, 0.05) is 19.4 Å². The lowest BCUT2D eigenvalue weighted by Crippen LogP contribution is -2.10. The molecule has 0 spiro atoms. The lowest BCUT2D eigenvalue weighted by molar-refractivity contribution is 0.109. The molecule has 1 saturated heterocycles. The van der Waals surface area contributed by atoms with Gasteiger partial charge in [0.05, 0.1) is 17.1 Å². The summed E-state index contributed by atoms with van der Waals surface area (Å²) in [5.41, 5.74) is 3.30. The van der Waals surface area contributed by atoms with Crippen molar-refractivity contribution in [3.8, 4) is 0 Å². The number of para-hydroxylation sites is 2. The summed E-state index contributed by atoms with van der Waals surface area (Å²) < 4.78 is 13.5. The van der Waals surface area contributed by atoms with Crippen LogP contribution in [0.3, 0.4) is 0 Å². The second-order valence-electron chi connectivity index (χ2n) is 8.36. The molecule has 0 aliphatic carbocycles. The Kier molecular flexibility index (Phi) is 4.92. The van der Waals surface area contributed by atoms with Crippen molar-refractivity contribution < 1.29 is 9.26 Å². The zero-order valence-electron chi connectivity index (χ0n) is 17.8. The third-order valence-electron chi connectivity index (χ3n) is 6.20. The normalized spacial score (nSPS) is 16.3. The van der Waals surface area contributed by atoms with Crippen LogP contribution >= 0.6 is 0 Å². The lowest BCUT2D eigenvalue weighted by Gasteiger charge is -2.09. The molecule has 5 aromatic rings. The van der Waals surface area contributed by atoms with Crippen LogP contribution in [0.2, 0.25) is 0 Å². The maximum absolute atomic E-state index is 5.71. The largest absolute Gasteiger partial charge is 0.378 e. The molecule has 1 aliphatic rings. The van der Waals surface area contributed by atoms with Crippen molar-refractivity contribution in [3.05, 3.63) is 89.8 Å². The maximum atomic E-state index is 5.71. The fraction of sp³-hybridized carbons (Fsp3) is 0.269. The highest BCUT2D eigenvalue weighted by atomic mass is 16.5. The minimum atomic E-state index is 0.205. The number of imidazole rings is 1. The fourth-order valence-electron chi connectivity index (χ4n) is 4.64. The van der Waals surface area contributed by atoms with Crippen molar-refractivity contribution >= 4 is 21.8 Å². The molecule has 3 heterocycles. The predicted octanol–water partition coefficient (Wildman–Crippen LogP) is 4.93. The molecule has 0 N–H and O–H groups in total. The Morgan fingerprint density at radius 2 is 1.81 bits per heavy atom. The van der Waals surface area contributed by atoms with Crippen LogP contribution in [-0.2, 0) is 24.1 Å². The number of ether oxygens (including phenoxy) is 1. The van der Waals surface area contributed by atoms with Gasteiger partial charge in [0.1, 0.15) is 12.4 Å². The zero-order chi connectivity index (χ0) is 21.3. The zero-order valence-corrected chi connectivity index (χ0v) is 17.8. The van der Waals surface area contributed by atoms with Gasteiger partial charge in [0.25, 0.3) is 0 Å². The van der Waals surface area contributed by atoms with Crippen molar-refractivity contribution in [1.29, 1.82) is 0 Å². The van der Waals surface area contributed by atoms with Crippen LogP contribution in [0.1, 0.15) is 35.9 Å². The van der Waals surface area contributed by atoms with Crippen LogP contribution in [-0.4, -0.2) is 32.4 Å². The predicted molar refractivity (Wildman–Crippen MR) is 123 cm³/mol. The smallest absolute Gasteiger partial charge is 0.246 e. The average molecular weight is 425 g/mol. The van der Waals surface area contributed by atoms with E-state index in [0.717, 1.165) is 42.7 Å². The number of benzene rings is 3. The molecule has 3 aromatic carbocycles. The minimum absolute atomic E-state index is 0.205. The summed E-state index contributed by atoms with van der Waals surface area (Å²) in [4.78, 5) is 9.60.